The molecule has 112 valence electrons. The van der Waals surface area contributed by atoms with Gasteiger partial charge in [-0.15, -0.1) is 0 Å². The minimum Gasteiger partial charge on any atom is -0.497 e. The molecule has 0 fully saturated rings. The van der Waals surface area contributed by atoms with Crippen LogP contribution in [0.5, 0.6) is 5.75 Å². The summed E-state index contributed by atoms with van der Waals surface area (Å²) in [6.07, 6.45) is -0.666. The highest BCUT2D eigenvalue weighted by atomic mass is 19.1. The van der Waals surface area contributed by atoms with Crippen molar-refractivity contribution >= 4 is 5.69 Å². The van der Waals surface area contributed by atoms with Gasteiger partial charge in [0.05, 0.1) is 18.9 Å². The fraction of sp³-hybridized carbons (Fsp3) is 0.294. The minimum absolute atomic E-state index is 0.329. The lowest BCUT2D eigenvalue weighted by molar-refractivity contribution is 0.199. The van der Waals surface area contributed by atoms with E-state index in [9.17, 15) is 9.50 Å². The molecule has 1 N–H and O–H groups in total. The zero-order valence-corrected chi connectivity index (χ0v) is 12.5. The van der Waals surface area contributed by atoms with Gasteiger partial charge in [-0.05, 0) is 42.3 Å². The third kappa shape index (κ3) is 3.73. The molecule has 0 spiro atoms. The smallest absolute Gasteiger partial charge is 0.146 e. The molecule has 0 amide bonds. The molecule has 0 aliphatic carbocycles. The van der Waals surface area contributed by atoms with Gasteiger partial charge in [-0.25, -0.2) is 4.39 Å². The van der Waals surface area contributed by atoms with E-state index in [0.29, 0.717) is 17.8 Å². The van der Waals surface area contributed by atoms with Crippen molar-refractivity contribution in [3.05, 3.63) is 59.4 Å². The molecule has 0 heterocycles. The molecule has 0 aliphatic heterocycles. The predicted molar refractivity (Wildman–Crippen MR) is 82.1 cm³/mol. The van der Waals surface area contributed by atoms with Crippen molar-refractivity contribution in [1.82, 2.24) is 0 Å². The van der Waals surface area contributed by atoms with E-state index in [0.717, 1.165) is 11.3 Å². The molecule has 0 radical (unpaired) electrons. The summed E-state index contributed by atoms with van der Waals surface area (Å²) in [6.45, 7) is 2.21. The van der Waals surface area contributed by atoms with Crippen LogP contribution in [0.1, 0.15) is 24.2 Å². The molecule has 3 nitrogen and oxygen atoms in total. The molecule has 2 aromatic carbocycles. The fourth-order valence-corrected chi connectivity index (χ4v) is 2.18. The second-order valence-corrected chi connectivity index (χ2v) is 5.09. The number of hydrogen-bond acceptors (Lipinski definition) is 3. The highest BCUT2D eigenvalue weighted by molar-refractivity contribution is 5.49. The maximum atomic E-state index is 14.1. The average molecular weight is 289 g/mol. The number of nitrogens with zero attached hydrogens (tertiary/aromatic N) is 1. The van der Waals surface area contributed by atoms with E-state index in [1.807, 2.05) is 36.2 Å². The summed E-state index contributed by atoms with van der Waals surface area (Å²) >= 11 is 0. The first kappa shape index (κ1) is 15.3. The highest BCUT2D eigenvalue weighted by Gasteiger charge is 2.11. The Morgan fingerprint density at radius 2 is 1.86 bits per heavy atom. The first-order valence-corrected chi connectivity index (χ1v) is 6.83. The summed E-state index contributed by atoms with van der Waals surface area (Å²) in [5.74, 6) is 0.471. The Balaban J connectivity index is 2.13. The standard InChI is InChI=1S/C17H20FNO2/c1-12(20)14-6-9-17(16(18)10-14)19(2)11-13-4-7-15(21-3)8-5-13/h4-10,12,20H,11H2,1-3H3/t12-/m1/s1. The molecule has 21 heavy (non-hydrogen) atoms. The van der Waals surface area contributed by atoms with Gasteiger partial charge in [-0.3, -0.25) is 0 Å². The zero-order chi connectivity index (χ0) is 15.4. The summed E-state index contributed by atoms with van der Waals surface area (Å²) < 4.78 is 19.2. The molecule has 1 atom stereocenters. The summed E-state index contributed by atoms with van der Waals surface area (Å²) in [5, 5.41) is 9.47. The van der Waals surface area contributed by atoms with E-state index >= 15 is 0 Å². The molecule has 0 aliphatic rings. The summed E-state index contributed by atoms with van der Waals surface area (Å²) in [4.78, 5) is 1.84. The molecule has 0 bridgehead atoms. The zero-order valence-electron chi connectivity index (χ0n) is 12.5. The van der Waals surface area contributed by atoms with Gasteiger partial charge in [0, 0.05) is 13.6 Å². The third-order valence-electron chi connectivity index (χ3n) is 3.44. The summed E-state index contributed by atoms with van der Waals surface area (Å²) in [7, 11) is 3.46. The van der Waals surface area contributed by atoms with Gasteiger partial charge < -0.3 is 14.7 Å². The lowest BCUT2D eigenvalue weighted by Crippen LogP contribution is -2.17. The van der Waals surface area contributed by atoms with Gasteiger partial charge in [0.2, 0.25) is 0 Å². The van der Waals surface area contributed by atoms with Gasteiger partial charge in [0.1, 0.15) is 11.6 Å². The van der Waals surface area contributed by atoms with Crippen molar-refractivity contribution in [2.75, 3.05) is 19.1 Å². The summed E-state index contributed by atoms with van der Waals surface area (Å²) in [5.41, 5.74) is 2.15. The Morgan fingerprint density at radius 1 is 1.19 bits per heavy atom. The molecule has 0 saturated carbocycles. The van der Waals surface area contributed by atoms with Crippen molar-refractivity contribution < 1.29 is 14.2 Å². The maximum Gasteiger partial charge on any atom is 0.146 e. The summed E-state index contributed by atoms with van der Waals surface area (Å²) in [6, 6.07) is 12.5. The average Bonchev–Trinajstić information content (AvgIpc) is 2.47. The van der Waals surface area contributed by atoms with Gasteiger partial charge in [-0.2, -0.15) is 0 Å². The number of benzene rings is 2. The molecule has 2 aromatic rings. The van der Waals surface area contributed by atoms with E-state index in [1.54, 1.807) is 26.2 Å². The maximum absolute atomic E-state index is 14.1. The lowest BCUT2D eigenvalue weighted by Gasteiger charge is -2.21. The van der Waals surface area contributed by atoms with Gasteiger partial charge >= 0.3 is 0 Å². The number of hydrogen-bond donors (Lipinski definition) is 1. The normalized spacial score (nSPS) is 12.0. The van der Waals surface area contributed by atoms with Gasteiger partial charge in [0.25, 0.3) is 0 Å². The van der Waals surface area contributed by atoms with Crippen LogP contribution in [-0.2, 0) is 6.54 Å². The van der Waals surface area contributed by atoms with Crippen molar-refractivity contribution in [1.29, 1.82) is 0 Å². The van der Waals surface area contributed by atoms with Crippen LogP contribution in [0.15, 0.2) is 42.5 Å². The van der Waals surface area contributed by atoms with Crippen LogP contribution in [0.4, 0.5) is 10.1 Å². The largest absolute Gasteiger partial charge is 0.497 e. The second-order valence-electron chi connectivity index (χ2n) is 5.09. The molecule has 2 rings (SSSR count). The van der Waals surface area contributed by atoms with Crippen LogP contribution in [0.3, 0.4) is 0 Å². The Labute approximate surface area is 124 Å². The second kappa shape index (κ2) is 6.59. The quantitative estimate of drug-likeness (QED) is 0.914. The van der Waals surface area contributed by atoms with Crippen molar-refractivity contribution in [2.45, 2.75) is 19.6 Å². The predicted octanol–water partition coefficient (Wildman–Crippen LogP) is 3.52. The molecule has 0 aromatic heterocycles. The first-order valence-electron chi connectivity index (χ1n) is 6.83. The Bertz CT molecular complexity index is 596. The SMILES string of the molecule is COc1ccc(CN(C)c2ccc([C@@H](C)O)cc2F)cc1. The Hall–Kier alpha value is -2.07. The molecular weight excluding hydrogens is 269 g/mol. The van der Waals surface area contributed by atoms with E-state index in [1.165, 1.54) is 6.07 Å². The van der Waals surface area contributed by atoms with E-state index < -0.39 is 6.10 Å². The van der Waals surface area contributed by atoms with Crippen LogP contribution < -0.4 is 9.64 Å². The van der Waals surface area contributed by atoms with Gasteiger partial charge in [0.15, 0.2) is 0 Å². The van der Waals surface area contributed by atoms with Crippen LogP contribution in [0.25, 0.3) is 0 Å². The molecule has 4 heteroatoms. The molecule has 0 unspecified atom stereocenters. The van der Waals surface area contributed by atoms with Crippen LogP contribution in [-0.4, -0.2) is 19.3 Å². The Kier molecular flexibility index (Phi) is 4.81. The van der Waals surface area contributed by atoms with E-state index in [-0.39, 0.29) is 5.82 Å². The van der Waals surface area contributed by atoms with Crippen molar-refractivity contribution in [2.24, 2.45) is 0 Å². The third-order valence-corrected chi connectivity index (χ3v) is 3.44. The number of halogens is 1. The number of aliphatic hydroxyl groups is 1. The highest BCUT2D eigenvalue weighted by Crippen LogP contribution is 2.24. The number of ether oxygens (including phenoxy) is 1. The van der Waals surface area contributed by atoms with Crippen molar-refractivity contribution in [3.8, 4) is 5.75 Å². The van der Waals surface area contributed by atoms with Gasteiger partial charge in [-0.1, -0.05) is 18.2 Å². The first-order chi connectivity index (χ1) is 10.0. The lowest BCUT2D eigenvalue weighted by atomic mass is 10.1. The van der Waals surface area contributed by atoms with Crippen LogP contribution in [0.2, 0.25) is 0 Å². The topological polar surface area (TPSA) is 32.7 Å². The number of anilines is 1. The van der Waals surface area contributed by atoms with E-state index in [4.69, 9.17) is 4.74 Å². The number of aliphatic hydroxyl groups excluding tert-OH is 1. The van der Waals surface area contributed by atoms with E-state index in [2.05, 4.69) is 0 Å². The Morgan fingerprint density at radius 3 is 2.38 bits per heavy atom. The number of methoxy groups -OCH3 is 1. The molecule has 0 saturated heterocycles. The monoisotopic (exact) mass is 289 g/mol. The minimum atomic E-state index is -0.666. The molecular formula is C17H20FNO2. The fourth-order valence-electron chi connectivity index (χ4n) is 2.18. The van der Waals surface area contributed by atoms with Crippen LogP contribution in [0, 0.1) is 5.82 Å². The van der Waals surface area contributed by atoms with Crippen LogP contribution >= 0.6 is 0 Å². The van der Waals surface area contributed by atoms with Crippen molar-refractivity contribution in [3.63, 3.8) is 0 Å². The number of rotatable bonds is 5.